The Labute approximate surface area is 135 Å². The Bertz CT molecular complexity index is 261. The largest absolute Gasteiger partial charge is 0.353 e. The molecule has 3 saturated heterocycles. The van der Waals surface area contributed by atoms with Crippen molar-refractivity contribution in [2.24, 2.45) is 17.8 Å². The number of rotatable bonds is 2. The van der Waals surface area contributed by atoms with Crippen molar-refractivity contribution in [1.82, 2.24) is 0 Å². The normalized spacial score (nSPS) is 47.1. The monoisotopic (exact) mass is 334 g/mol. The van der Waals surface area contributed by atoms with Gasteiger partial charge in [0.15, 0.2) is 6.29 Å². The molecular formula is C15H26O2S3. The van der Waals surface area contributed by atoms with Crippen LogP contribution < -0.4 is 0 Å². The third-order valence-corrected chi connectivity index (χ3v) is 9.38. The molecule has 0 saturated carbocycles. The van der Waals surface area contributed by atoms with Gasteiger partial charge in [-0.3, -0.25) is 0 Å². The van der Waals surface area contributed by atoms with E-state index in [2.05, 4.69) is 42.2 Å². The Balaban J connectivity index is 1.42. The van der Waals surface area contributed by atoms with Crippen molar-refractivity contribution < 1.29 is 9.47 Å². The van der Waals surface area contributed by atoms with Gasteiger partial charge in [0.2, 0.25) is 0 Å². The summed E-state index contributed by atoms with van der Waals surface area (Å²) in [7, 11) is 0. The van der Waals surface area contributed by atoms with Crippen LogP contribution in [0.25, 0.3) is 0 Å². The van der Waals surface area contributed by atoms with E-state index in [9.17, 15) is 0 Å². The fourth-order valence-corrected chi connectivity index (χ4v) is 7.94. The van der Waals surface area contributed by atoms with Gasteiger partial charge in [0, 0.05) is 15.7 Å². The molecule has 0 aromatic rings. The molecule has 116 valence electrons. The second-order valence-corrected chi connectivity index (χ2v) is 10.5. The summed E-state index contributed by atoms with van der Waals surface area (Å²) in [5.74, 6) is 6.46. The average molecular weight is 335 g/mol. The van der Waals surface area contributed by atoms with E-state index in [1.807, 2.05) is 6.92 Å². The molecule has 0 aromatic heterocycles. The molecule has 3 rings (SSSR count). The van der Waals surface area contributed by atoms with Gasteiger partial charge in [-0.05, 0) is 55.8 Å². The highest BCUT2D eigenvalue weighted by atomic mass is 32.2. The highest BCUT2D eigenvalue weighted by Crippen LogP contribution is 2.43. The summed E-state index contributed by atoms with van der Waals surface area (Å²) in [6.07, 6.45) is 2.79. The average Bonchev–Trinajstić information content (AvgIpc) is 2.49. The SMILES string of the molecule is CC1OCC(C2CCC(C3CSC(C)SC3)SC2)CO1. The molecule has 0 aliphatic carbocycles. The van der Waals surface area contributed by atoms with Gasteiger partial charge in [-0.2, -0.15) is 11.8 Å². The lowest BCUT2D eigenvalue weighted by molar-refractivity contribution is -0.197. The highest BCUT2D eigenvalue weighted by molar-refractivity contribution is 8.17. The topological polar surface area (TPSA) is 18.5 Å². The Hall–Kier alpha value is 0.970. The lowest BCUT2D eigenvalue weighted by Crippen LogP contribution is -2.39. The van der Waals surface area contributed by atoms with Crippen molar-refractivity contribution in [1.29, 1.82) is 0 Å². The van der Waals surface area contributed by atoms with Crippen molar-refractivity contribution in [2.75, 3.05) is 30.5 Å². The molecule has 2 unspecified atom stereocenters. The predicted octanol–water partition coefficient (Wildman–Crippen LogP) is 3.95. The quantitative estimate of drug-likeness (QED) is 0.759. The molecule has 2 atom stereocenters. The van der Waals surface area contributed by atoms with Crippen LogP contribution in [-0.2, 0) is 9.47 Å². The first kappa shape index (κ1) is 15.9. The van der Waals surface area contributed by atoms with Gasteiger partial charge in [0.05, 0.1) is 13.2 Å². The van der Waals surface area contributed by atoms with Crippen molar-refractivity contribution in [3.05, 3.63) is 0 Å². The molecule has 0 N–H and O–H groups in total. The minimum atomic E-state index is 0.00789. The van der Waals surface area contributed by atoms with E-state index >= 15 is 0 Å². The van der Waals surface area contributed by atoms with Gasteiger partial charge >= 0.3 is 0 Å². The van der Waals surface area contributed by atoms with E-state index in [0.29, 0.717) is 5.92 Å². The van der Waals surface area contributed by atoms with Gasteiger partial charge in [-0.15, -0.1) is 23.5 Å². The van der Waals surface area contributed by atoms with Gasteiger partial charge in [-0.25, -0.2) is 0 Å². The highest BCUT2D eigenvalue weighted by Gasteiger charge is 2.35. The summed E-state index contributed by atoms with van der Waals surface area (Å²) in [5, 5.41) is 0.906. The zero-order valence-electron chi connectivity index (χ0n) is 12.5. The zero-order chi connectivity index (χ0) is 13.9. The number of ether oxygens (including phenoxy) is 2. The third kappa shape index (κ3) is 4.03. The Morgan fingerprint density at radius 2 is 1.40 bits per heavy atom. The van der Waals surface area contributed by atoms with Crippen LogP contribution in [0, 0.1) is 17.8 Å². The van der Waals surface area contributed by atoms with E-state index < -0.39 is 0 Å². The summed E-state index contributed by atoms with van der Waals surface area (Å²) >= 11 is 6.55. The maximum Gasteiger partial charge on any atom is 0.154 e. The van der Waals surface area contributed by atoms with Crippen LogP contribution in [0.4, 0.5) is 0 Å². The molecule has 0 aromatic carbocycles. The zero-order valence-corrected chi connectivity index (χ0v) is 14.9. The summed E-state index contributed by atoms with van der Waals surface area (Å²) in [4.78, 5) is 0. The molecular weight excluding hydrogens is 308 g/mol. The third-order valence-electron chi connectivity index (χ3n) is 4.72. The van der Waals surface area contributed by atoms with Gasteiger partial charge < -0.3 is 9.47 Å². The molecule has 20 heavy (non-hydrogen) atoms. The van der Waals surface area contributed by atoms with Crippen LogP contribution in [0.3, 0.4) is 0 Å². The molecule has 0 amide bonds. The Kier molecular flexibility index (Phi) is 5.94. The number of thioether (sulfide) groups is 3. The molecule has 0 radical (unpaired) electrons. The first-order valence-corrected chi connectivity index (χ1v) is 10.9. The minimum Gasteiger partial charge on any atom is -0.353 e. The first-order valence-electron chi connectivity index (χ1n) is 7.80. The van der Waals surface area contributed by atoms with Crippen LogP contribution >= 0.6 is 35.3 Å². The molecule has 3 aliphatic rings. The van der Waals surface area contributed by atoms with E-state index in [4.69, 9.17) is 9.47 Å². The molecule has 3 aliphatic heterocycles. The predicted molar refractivity (Wildman–Crippen MR) is 91.7 cm³/mol. The van der Waals surface area contributed by atoms with Gasteiger partial charge in [-0.1, -0.05) is 0 Å². The van der Waals surface area contributed by atoms with Crippen LogP contribution in [0.15, 0.2) is 0 Å². The van der Waals surface area contributed by atoms with Crippen molar-refractivity contribution in [2.45, 2.75) is 42.8 Å². The second-order valence-electron chi connectivity index (χ2n) is 6.20. The van der Waals surface area contributed by atoms with Crippen LogP contribution in [-0.4, -0.2) is 46.6 Å². The van der Waals surface area contributed by atoms with Gasteiger partial charge in [0.25, 0.3) is 0 Å². The Morgan fingerprint density at radius 3 is 2.00 bits per heavy atom. The molecule has 2 nitrogen and oxygen atoms in total. The summed E-state index contributed by atoms with van der Waals surface area (Å²) < 4.78 is 12.1. The maximum absolute atomic E-state index is 5.66. The molecule has 3 fully saturated rings. The van der Waals surface area contributed by atoms with Crippen molar-refractivity contribution >= 4 is 35.3 Å². The van der Waals surface area contributed by atoms with Gasteiger partial charge in [0.1, 0.15) is 0 Å². The van der Waals surface area contributed by atoms with E-state index in [1.165, 1.54) is 30.1 Å². The number of hydrogen-bond donors (Lipinski definition) is 0. The van der Waals surface area contributed by atoms with Crippen molar-refractivity contribution in [3.63, 3.8) is 0 Å². The minimum absolute atomic E-state index is 0.00789. The molecule has 0 bridgehead atoms. The fraction of sp³-hybridized carbons (Fsp3) is 1.00. The maximum atomic E-state index is 5.66. The number of hydrogen-bond acceptors (Lipinski definition) is 5. The lowest BCUT2D eigenvalue weighted by atomic mass is 9.88. The fourth-order valence-electron chi connectivity index (χ4n) is 3.25. The Morgan fingerprint density at radius 1 is 0.750 bits per heavy atom. The van der Waals surface area contributed by atoms with E-state index in [0.717, 1.165) is 34.9 Å². The van der Waals surface area contributed by atoms with E-state index in [-0.39, 0.29) is 6.29 Å². The summed E-state index contributed by atoms with van der Waals surface area (Å²) in [5.41, 5.74) is 0. The molecule has 5 heteroatoms. The first-order chi connectivity index (χ1) is 9.72. The van der Waals surface area contributed by atoms with Crippen LogP contribution in [0.2, 0.25) is 0 Å². The van der Waals surface area contributed by atoms with E-state index in [1.54, 1.807) is 0 Å². The standard InChI is InChI=1S/C15H26O2S3/c1-10-16-5-13(6-17-10)12-3-4-15(20-7-12)14-8-18-11(2)19-9-14/h10-15H,3-9H2,1-2H3. The second kappa shape index (κ2) is 7.49. The summed E-state index contributed by atoms with van der Waals surface area (Å²) in [6.45, 7) is 6.16. The van der Waals surface area contributed by atoms with Crippen LogP contribution in [0.1, 0.15) is 26.7 Å². The van der Waals surface area contributed by atoms with Crippen molar-refractivity contribution in [3.8, 4) is 0 Å². The van der Waals surface area contributed by atoms with Crippen LogP contribution in [0.5, 0.6) is 0 Å². The summed E-state index contributed by atoms with van der Waals surface area (Å²) in [6, 6.07) is 0. The molecule has 3 heterocycles. The lowest BCUT2D eigenvalue weighted by Gasteiger charge is -2.40. The smallest absolute Gasteiger partial charge is 0.154 e. The molecule has 0 spiro atoms.